The monoisotopic (exact) mass is 830 g/mol. The predicted octanol–water partition coefficient (Wildman–Crippen LogP) is 4.27. The van der Waals surface area contributed by atoms with Gasteiger partial charge in [-0.1, -0.05) is 68.5 Å². The molecule has 1 unspecified atom stereocenters. The van der Waals surface area contributed by atoms with Crippen LogP contribution in [0.15, 0.2) is 83.5 Å². The molecule has 3 N–H and O–H groups in total. The Morgan fingerprint density at radius 2 is 1.53 bits per heavy atom. The first-order chi connectivity index (χ1) is 28.1. The first-order valence-electron chi connectivity index (χ1n) is 20.2. The maximum Gasteiger partial charge on any atom is 0.338 e. The van der Waals surface area contributed by atoms with Crippen molar-refractivity contribution in [2.45, 2.75) is 128 Å². The number of aliphatic hydroxyl groups is 3. The van der Waals surface area contributed by atoms with Gasteiger partial charge in [-0.2, -0.15) is 0 Å². The smallest absolute Gasteiger partial charge is 0.338 e. The number of carbonyl (C=O) groups excluding carboxylic acids is 6. The molecule has 1 saturated heterocycles. The van der Waals surface area contributed by atoms with Crippen LogP contribution in [-0.4, -0.2) is 105 Å². The van der Waals surface area contributed by atoms with Crippen molar-refractivity contribution in [3.8, 4) is 0 Å². The quantitative estimate of drug-likeness (QED) is 0.125. The fourth-order valence-electron chi connectivity index (χ4n) is 10.0. The van der Waals surface area contributed by atoms with E-state index in [2.05, 4.69) is 0 Å². The van der Waals surface area contributed by atoms with Gasteiger partial charge >= 0.3 is 23.9 Å². The fourth-order valence-corrected chi connectivity index (χ4v) is 10.0. The number of allylic oxidation sites excluding steroid dienone is 2. The lowest BCUT2D eigenvalue weighted by molar-refractivity contribution is -0.346. The third kappa shape index (κ3) is 7.31. The SMILES string of the molecule is C/C=C(\C)C(=O)C[C@@H](c1ccccc1)[C@@H](O)C(=O)O[C@H]1C[C@@]2(O)[C@@H](OC(=O)c3ccccc3)C3[C@](C)(C(=O)[C@H](OC(C)=O)C(=C1C)C2(C)C)[C@@H](O)C[C@H]1OC[C@@]31OC(C)=O. The van der Waals surface area contributed by atoms with Crippen LogP contribution in [-0.2, 0) is 47.7 Å². The van der Waals surface area contributed by atoms with E-state index in [1.54, 1.807) is 82.3 Å². The fraction of sp³-hybridized carbons (Fsp3) is 0.522. The number of rotatable bonds is 11. The maximum atomic E-state index is 15.5. The number of Topliss-reactive ketones (excluding diaryl/α,β-unsaturated/α-hetero) is 2. The summed E-state index contributed by atoms with van der Waals surface area (Å²) in [6, 6.07) is 16.4. The Morgan fingerprint density at radius 1 is 0.917 bits per heavy atom. The summed E-state index contributed by atoms with van der Waals surface area (Å²) >= 11 is 0. The highest BCUT2D eigenvalue weighted by atomic mass is 16.6. The normalized spacial score (nSPS) is 33.0. The molecule has 1 aliphatic heterocycles. The van der Waals surface area contributed by atoms with Gasteiger partial charge in [-0.05, 0) is 62.1 Å². The summed E-state index contributed by atoms with van der Waals surface area (Å²) < 4.78 is 30.3. The van der Waals surface area contributed by atoms with Crippen molar-refractivity contribution in [2.24, 2.45) is 16.7 Å². The van der Waals surface area contributed by atoms with Crippen molar-refractivity contribution in [1.29, 1.82) is 0 Å². The first-order valence-corrected chi connectivity index (χ1v) is 20.2. The predicted molar refractivity (Wildman–Crippen MR) is 213 cm³/mol. The molecule has 0 spiro atoms. The van der Waals surface area contributed by atoms with Gasteiger partial charge in [0.2, 0.25) is 0 Å². The summed E-state index contributed by atoms with van der Waals surface area (Å²) in [6.07, 6.45) is -8.86. The molecule has 6 rings (SSSR count). The molecule has 322 valence electrons. The molecule has 60 heavy (non-hydrogen) atoms. The van der Waals surface area contributed by atoms with Crippen LogP contribution >= 0.6 is 0 Å². The van der Waals surface area contributed by atoms with Crippen LogP contribution in [0.1, 0.15) is 96.5 Å². The number of carbonyl (C=O) groups is 6. The lowest BCUT2D eigenvalue weighted by atomic mass is 9.44. The molecule has 0 amide bonds. The number of aliphatic hydroxyl groups excluding tert-OH is 2. The van der Waals surface area contributed by atoms with Crippen LogP contribution in [0.5, 0.6) is 0 Å². The molecule has 14 heteroatoms. The van der Waals surface area contributed by atoms with Crippen LogP contribution < -0.4 is 0 Å². The number of ketones is 2. The molecule has 2 aromatic rings. The zero-order chi connectivity index (χ0) is 44.1. The van der Waals surface area contributed by atoms with E-state index >= 15 is 4.79 Å². The topological polar surface area (TPSA) is 209 Å². The number of benzene rings is 2. The molecule has 14 nitrogen and oxygen atoms in total. The highest BCUT2D eigenvalue weighted by molar-refractivity contribution is 5.96. The summed E-state index contributed by atoms with van der Waals surface area (Å²) in [4.78, 5) is 83.0. The number of esters is 4. The average molecular weight is 831 g/mol. The van der Waals surface area contributed by atoms with Crippen molar-refractivity contribution in [1.82, 2.24) is 0 Å². The van der Waals surface area contributed by atoms with Crippen LogP contribution in [0, 0.1) is 16.7 Å². The van der Waals surface area contributed by atoms with Crippen molar-refractivity contribution >= 4 is 35.4 Å². The molecule has 11 atom stereocenters. The largest absolute Gasteiger partial charge is 0.456 e. The van der Waals surface area contributed by atoms with Crippen molar-refractivity contribution < 1.29 is 67.8 Å². The van der Waals surface area contributed by atoms with E-state index in [1.807, 2.05) is 0 Å². The van der Waals surface area contributed by atoms with E-state index in [4.69, 9.17) is 23.7 Å². The lowest BCUT2D eigenvalue weighted by Gasteiger charge is -2.67. The number of hydrogen-bond acceptors (Lipinski definition) is 14. The van der Waals surface area contributed by atoms with Gasteiger partial charge in [0.15, 0.2) is 29.4 Å². The average Bonchev–Trinajstić information content (AvgIpc) is 3.20. The van der Waals surface area contributed by atoms with Gasteiger partial charge in [-0.3, -0.25) is 19.2 Å². The highest BCUT2D eigenvalue weighted by Gasteiger charge is 2.78. The van der Waals surface area contributed by atoms with Gasteiger partial charge < -0.3 is 39.0 Å². The van der Waals surface area contributed by atoms with E-state index < -0.39 is 107 Å². The standard InChI is InChI=1S/C46H54O14/c1-9-24(2)31(49)20-30(28-16-12-10-13-17-28)36(51)42(54)58-32-22-46(55)40(59-41(53)29-18-14-11-15-19-29)38-44(8,33(50)21-34-45(38,23-56-34)60-27(5)48)39(52)37(57-26(4)47)35(25(32)3)43(46,6)7/h9-19,30,32-34,36-38,40,50-51,55H,20-23H2,1-8H3/b24-9+/t30-,32-,33-,34+,36+,37+,38?,40-,44+,45-,46+/m0/s1. The molecular weight excluding hydrogens is 776 g/mol. The Hall–Kier alpha value is -5.02. The highest BCUT2D eigenvalue weighted by Crippen LogP contribution is 2.64. The van der Waals surface area contributed by atoms with Gasteiger partial charge in [0, 0.05) is 44.4 Å². The Kier molecular flexibility index (Phi) is 12.2. The van der Waals surface area contributed by atoms with Gasteiger partial charge in [0.25, 0.3) is 0 Å². The minimum absolute atomic E-state index is 0.0170. The van der Waals surface area contributed by atoms with E-state index in [1.165, 1.54) is 26.0 Å². The zero-order valence-electron chi connectivity index (χ0n) is 35.1. The molecule has 4 aliphatic rings. The molecule has 0 aromatic heterocycles. The minimum Gasteiger partial charge on any atom is -0.456 e. The molecule has 0 radical (unpaired) electrons. The van der Waals surface area contributed by atoms with Gasteiger partial charge in [-0.25, -0.2) is 9.59 Å². The van der Waals surface area contributed by atoms with E-state index in [9.17, 15) is 39.3 Å². The zero-order valence-corrected chi connectivity index (χ0v) is 35.1. The molecule has 3 aliphatic carbocycles. The van der Waals surface area contributed by atoms with E-state index in [-0.39, 0.29) is 41.9 Å². The second kappa shape index (κ2) is 16.4. The molecule has 2 bridgehead atoms. The van der Waals surface area contributed by atoms with Crippen molar-refractivity contribution in [3.05, 3.63) is 94.6 Å². The van der Waals surface area contributed by atoms with Crippen LogP contribution in [0.2, 0.25) is 0 Å². The van der Waals surface area contributed by atoms with Crippen molar-refractivity contribution in [3.63, 3.8) is 0 Å². The second-order valence-corrected chi connectivity index (χ2v) is 17.2. The minimum atomic E-state index is -2.37. The Morgan fingerprint density at radius 3 is 2.08 bits per heavy atom. The van der Waals surface area contributed by atoms with Gasteiger partial charge in [-0.15, -0.1) is 0 Å². The third-order valence-electron chi connectivity index (χ3n) is 13.6. The Labute approximate surface area is 348 Å². The van der Waals surface area contributed by atoms with Crippen LogP contribution in [0.3, 0.4) is 0 Å². The van der Waals surface area contributed by atoms with Crippen LogP contribution in [0.4, 0.5) is 0 Å². The molecule has 2 aromatic carbocycles. The summed E-state index contributed by atoms with van der Waals surface area (Å²) in [5.41, 5.74) is -6.60. The number of fused-ring (bicyclic) bond motifs is 5. The number of hydrogen-bond donors (Lipinski definition) is 3. The second-order valence-electron chi connectivity index (χ2n) is 17.2. The molecule has 3 fully saturated rings. The first kappa shape index (κ1) is 44.5. The third-order valence-corrected chi connectivity index (χ3v) is 13.6. The summed E-state index contributed by atoms with van der Waals surface area (Å²) in [7, 11) is 0. The number of ether oxygens (including phenoxy) is 5. The Balaban J connectivity index is 1.56. The Bertz CT molecular complexity index is 2110. The van der Waals surface area contributed by atoms with Crippen molar-refractivity contribution in [2.75, 3.05) is 6.61 Å². The molecule has 1 heterocycles. The summed E-state index contributed by atoms with van der Waals surface area (Å²) in [5, 5.41) is 37.4. The molecule has 2 saturated carbocycles. The van der Waals surface area contributed by atoms with Gasteiger partial charge in [0.05, 0.1) is 29.6 Å². The van der Waals surface area contributed by atoms with E-state index in [0.29, 0.717) is 11.1 Å². The molecular formula is C46H54O14. The maximum absolute atomic E-state index is 15.5. The van der Waals surface area contributed by atoms with Crippen LogP contribution in [0.25, 0.3) is 0 Å². The summed E-state index contributed by atoms with van der Waals surface area (Å²) in [5.74, 6) is -7.48. The van der Waals surface area contributed by atoms with E-state index in [0.717, 1.165) is 13.8 Å². The van der Waals surface area contributed by atoms with Gasteiger partial charge in [0.1, 0.15) is 23.9 Å². The summed E-state index contributed by atoms with van der Waals surface area (Å²) in [6.45, 7) is 11.4. The lowest BCUT2D eigenvalue weighted by Crippen LogP contribution is -2.82.